The first kappa shape index (κ1) is 15.0. The van der Waals surface area contributed by atoms with Crippen LogP contribution in [0.4, 0.5) is 10.5 Å². The topological polar surface area (TPSA) is 69.6 Å². The number of amides is 2. The average Bonchev–Trinajstić information content (AvgIpc) is 2.33. The predicted octanol–water partition coefficient (Wildman–Crippen LogP) is 2.49. The average molecular weight is 264 g/mol. The van der Waals surface area contributed by atoms with Crippen LogP contribution in [0.2, 0.25) is 0 Å². The van der Waals surface area contributed by atoms with E-state index in [0.29, 0.717) is 5.69 Å². The van der Waals surface area contributed by atoms with E-state index in [1.807, 2.05) is 32.0 Å². The molecule has 19 heavy (non-hydrogen) atoms. The van der Waals surface area contributed by atoms with Crippen molar-refractivity contribution in [3.63, 3.8) is 0 Å². The molecule has 0 aliphatic carbocycles. The third-order valence-electron chi connectivity index (χ3n) is 3.07. The van der Waals surface area contributed by atoms with Crippen LogP contribution in [0.3, 0.4) is 0 Å². The van der Waals surface area contributed by atoms with Gasteiger partial charge in [-0.25, -0.2) is 4.79 Å². The number of urea groups is 1. The van der Waals surface area contributed by atoms with E-state index >= 15 is 0 Å². The number of aliphatic carboxylic acids is 1. The number of hydrogen-bond donors (Lipinski definition) is 2. The lowest BCUT2D eigenvalue weighted by atomic mass is 10.1. The SMILES string of the molecule is Cc1ccc(NC(=O)N(C)CC(C)C(=O)O)cc1C. The molecule has 1 unspecified atom stereocenters. The molecule has 1 atom stereocenters. The molecule has 104 valence electrons. The Kier molecular flexibility index (Phi) is 4.92. The quantitative estimate of drug-likeness (QED) is 0.877. The molecule has 0 spiro atoms. The Balaban J connectivity index is 2.63. The highest BCUT2D eigenvalue weighted by molar-refractivity contribution is 5.89. The van der Waals surface area contributed by atoms with Crippen LogP contribution in [-0.2, 0) is 4.79 Å². The minimum Gasteiger partial charge on any atom is -0.481 e. The van der Waals surface area contributed by atoms with Crippen molar-refractivity contribution in [2.24, 2.45) is 5.92 Å². The number of carboxylic acids is 1. The highest BCUT2D eigenvalue weighted by Gasteiger charge is 2.17. The Morgan fingerprint density at radius 2 is 1.95 bits per heavy atom. The molecule has 1 aromatic rings. The van der Waals surface area contributed by atoms with Gasteiger partial charge in [0.1, 0.15) is 0 Å². The summed E-state index contributed by atoms with van der Waals surface area (Å²) in [6.07, 6.45) is 0. The van der Waals surface area contributed by atoms with E-state index in [1.54, 1.807) is 14.0 Å². The van der Waals surface area contributed by atoms with E-state index in [0.717, 1.165) is 11.1 Å². The van der Waals surface area contributed by atoms with Gasteiger partial charge in [0, 0.05) is 19.3 Å². The van der Waals surface area contributed by atoms with Crippen LogP contribution in [0.15, 0.2) is 18.2 Å². The van der Waals surface area contributed by atoms with E-state index < -0.39 is 11.9 Å². The van der Waals surface area contributed by atoms with Gasteiger partial charge in [0.05, 0.1) is 5.92 Å². The first-order valence-corrected chi connectivity index (χ1v) is 6.13. The number of carbonyl (C=O) groups excluding carboxylic acids is 1. The van der Waals surface area contributed by atoms with Crippen molar-refractivity contribution in [1.82, 2.24) is 4.90 Å². The summed E-state index contributed by atoms with van der Waals surface area (Å²) in [5, 5.41) is 11.6. The second-order valence-corrected chi connectivity index (χ2v) is 4.85. The largest absolute Gasteiger partial charge is 0.481 e. The fraction of sp³-hybridized carbons (Fsp3) is 0.429. The molecule has 0 aliphatic rings. The van der Waals surface area contributed by atoms with Crippen LogP contribution in [0.25, 0.3) is 0 Å². The number of nitrogens with zero attached hydrogens (tertiary/aromatic N) is 1. The summed E-state index contributed by atoms with van der Waals surface area (Å²) in [6, 6.07) is 5.35. The second-order valence-electron chi connectivity index (χ2n) is 4.85. The summed E-state index contributed by atoms with van der Waals surface area (Å²) in [5.41, 5.74) is 2.97. The Hall–Kier alpha value is -2.04. The molecule has 2 N–H and O–H groups in total. The molecule has 0 saturated carbocycles. The summed E-state index contributed by atoms with van der Waals surface area (Å²) in [7, 11) is 1.58. The van der Waals surface area contributed by atoms with Gasteiger partial charge in [-0.2, -0.15) is 0 Å². The van der Waals surface area contributed by atoms with Crippen LogP contribution in [0.1, 0.15) is 18.1 Å². The van der Waals surface area contributed by atoms with Crippen LogP contribution >= 0.6 is 0 Å². The summed E-state index contributed by atoms with van der Waals surface area (Å²) >= 11 is 0. The lowest BCUT2D eigenvalue weighted by Gasteiger charge is -2.20. The van der Waals surface area contributed by atoms with Gasteiger partial charge in [-0.3, -0.25) is 4.79 Å². The first-order chi connectivity index (χ1) is 8.81. The van der Waals surface area contributed by atoms with Crippen LogP contribution in [0, 0.1) is 19.8 Å². The lowest BCUT2D eigenvalue weighted by Crippen LogP contribution is -2.36. The van der Waals surface area contributed by atoms with Gasteiger partial charge in [0.15, 0.2) is 0 Å². The molecule has 0 bridgehead atoms. The molecule has 0 heterocycles. The van der Waals surface area contributed by atoms with E-state index in [4.69, 9.17) is 5.11 Å². The third kappa shape index (κ3) is 4.28. The normalized spacial score (nSPS) is 11.8. The number of nitrogens with one attached hydrogen (secondary N) is 1. The van der Waals surface area contributed by atoms with Crippen molar-refractivity contribution < 1.29 is 14.7 Å². The highest BCUT2D eigenvalue weighted by atomic mass is 16.4. The lowest BCUT2D eigenvalue weighted by molar-refractivity contribution is -0.141. The van der Waals surface area contributed by atoms with E-state index in [2.05, 4.69) is 5.32 Å². The number of rotatable bonds is 4. The van der Waals surface area contributed by atoms with Gasteiger partial charge in [-0.05, 0) is 37.1 Å². The zero-order valence-corrected chi connectivity index (χ0v) is 11.7. The summed E-state index contributed by atoms with van der Waals surface area (Å²) in [5.74, 6) is -1.50. The van der Waals surface area contributed by atoms with E-state index in [-0.39, 0.29) is 12.6 Å². The standard InChI is InChI=1S/C14H20N2O3/c1-9-5-6-12(7-10(9)2)15-14(19)16(4)8-11(3)13(17)18/h5-7,11H,8H2,1-4H3,(H,15,19)(H,17,18). The maximum Gasteiger partial charge on any atom is 0.321 e. The van der Waals surface area contributed by atoms with E-state index in [1.165, 1.54) is 4.90 Å². The molecule has 0 aromatic heterocycles. The van der Waals surface area contributed by atoms with Crippen LogP contribution in [-0.4, -0.2) is 35.6 Å². The van der Waals surface area contributed by atoms with Gasteiger partial charge in [0.2, 0.25) is 0 Å². The molecule has 0 radical (unpaired) electrons. The van der Waals surface area contributed by atoms with Crippen LogP contribution < -0.4 is 5.32 Å². The molecule has 5 nitrogen and oxygen atoms in total. The van der Waals surface area contributed by atoms with Crippen molar-refractivity contribution >= 4 is 17.7 Å². The van der Waals surface area contributed by atoms with Gasteiger partial charge in [-0.15, -0.1) is 0 Å². The molecule has 0 aliphatic heterocycles. The maximum atomic E-state index is 11.9. The minimum absolute atomic E-state index is 0.173. The Morgan fingerprint density at radius 3 is 2.47 bits per heavy atom. The molecule has 2 amide bonds. The third-order valence-corrected chi connectivity index (χ3v) is 3.07. The Morgan fingerprint density at radius 1 is 1.32 bits per heavy atom. The predicted molar refractivity (Wildman–Crippen MR) is 74.4 cm³/mol. The summed E-state index contributed by atoms with van der Waals surface area (Å²) in [6.45, 7) is 5.72. The van der Waals surface area contributed by atoms with Crippen molar-refractivity contribution in [2.45, 2.75) is 20.8 Å². The van der Waals surface area contributed by atoms with Crippen LogP contribution in [0.5, 0.6) is 0 Å². The monoisotopic (exact) mass is 264 g/mol. The zero-order valence-electron chi connectivity index (χ0n) is 11.7. The van der Waals surface area contributed by atoms with Gasteiger partial charge < -0.3 is 15.3 Å². The number of aryl methyl sites for hydroxylation is 2. The van der Waals surface area contributed by atoms with Gasteiger partial charge in [0.25, 0.3) is 0 Å². The molecule has 0 fully saturated rings. The highest BCUT2D eigenvalue weighted by Crippen LogP contribution is 2.14. The summed E-state index contributed by atoms with van der Waals surface area (Å²) in [4.78, 5) is 24.0. The maximum absolute atomic E-state index is 11.9. The molecule has 1 rings (SSSR count). The molecule has 0 saturated heterocycles. The number of anilines is 1. The molecule has 5 heteroatoms. The number of hydrogen-bond acceptors (Lipinski definition) is 2. The molecular weight excluding hydrogens is 244 g/mol. The second kappa shape index (κ2) is 6.22. The van der Waals surface area contributed by atoms with Crippen molar-refractivity contribution in [3.05, 3.63) is 29.3 Å². The van der Waals surface area contributed by atoms with Crippen molar-refractivity contribution in [3.8, 4) is 0 Å². The number of carboxylic acid groups (broad SMARTS) is 1. The smallest absolute Gasteiger partial charge is 0.321 e. The zero-order chi connectivity index (χ0) is 14.6. The molecular formula is C14H20N2O3. The first-order valence-electron chi connectivity index (χ1n) is 6.13. The fourth-order valence-electron chi connectivity index (χ4n) is 1.61. The number of benzene rings is 1. The van der Waals surface area contributed by atoms with Gasteiger partial charge in [-0.1, -0.05) is 13.0 Å². The summed E-state index contributed by atoms with van der Waals surface area (Å²) < 4.78 is 0. The Labute approximate surface area is 113 Å². The fourth-order valence-corrected chi connectivity index (χ4v) is 1.61. The van der Waals surface area contributed by atoms with E-state index in [9.17, 15) is 9.59 Å². The van der Waals surface area contributed by atoms with Crippen molar-refractivity contribution in [2.75, 3.05) is 18.9 Å². The number of carbonyl (C=O) groups is 2. The minimum atomic E-state index is -0.911. The van der Waals surface area contributed by atoms with Crippen molar-refractivity contribution in [1.29, 1.82) is 0 Å². The van der Waals surface area contributed by atoms with Gasteiger partial charge >= 0.3 is 12.0 Å². The molecule has 1 aromatic carbocycles. The Bertz CT molecular complexity index is 486.